The second-order valence-electron chi connectivity index (χ2n) is 5.40. The molecule has 0 unspecified atom stereocenters. The number of hydrogen-bond donors (Lipinski definition) is 0. The molecule has 1 aliphatic rings. The Bertz CT molecular complexity index is 375. The van der Waals surface area contributed by atoms with Gasteiger partial charge in [0.2, 0.25) is 0 Å². The number of likely N-dealkylation sites (N-methyl/N-ethyl adjacent to an activating group) is 1. The Balaban J connectivity index is 1.74. The summed E-state index contributed by atoms with van der Waals surface area (Å²) in [5.41, 5.74) is 0. The molecule has 0 atom stereocenters. The first-order valence-corrected chi connectivity index (χ1v) is 7.35. The average Bonchev–Trinajstić information content (AvgIpc) is 2.70. The van der Waals surface area contributed by atoms with Gasteiger partial charge in [0.15, 0.2) is 11.6 Å². The molecule has 1 aromatic rings. The van der Waals surface area contributed by atoms with Crippen LogP contribution in [-0.2, 0) is 0 Å². The van der Waals surface area contributed by atoms with Gasteiger partial charge in [-0.3, -0.25) is 0 Å². The van der Waals surface area contributed by atoms with E-state index < -0.39 is 0 Å². The number of hydrogen-bond acceptors (Lipinski definition) is 2. The maximum absolute atomic E-state index is 13.4. The first kappa shape index (κ1) is 14.3. The van der Waals surface area contributed by atoms with Gasteiger partial charge in [-0.05, 0) is 32.0 Å². The molecule has 0 radical (unpaired) electrons. The van der Waals surface area contributed by atoms with E-state index in [1.807, 2.05) is 0 Å². The van der Waals surface area contributed by atoms with E-state index in [9.17, 15) is 4.39 Å². The predicted octanol–water partition coefficient (Wildman–Crippen LogP) is 3.86. The van der Waals surface area contributed by atoms with E-state index in [-0.39, 0.29) is 5.82 Å². The van der Waals surface area contributed by atoms with E-state index in [1.54, 1.807) is 18.2 Å². The van der Waals surface area contributed by atoms with Crippen molar-refractivity contribution < 1.29 is 9.13 Å². The van der Waals surface area contributed by atoms with Crippen LogP contribution in [0.2, 0.25) is 0 Å². The molecule has 0 spiro atoms. The van der Waals surface area contributed by atoms with Crippen LogP contribution in [0.3, 0.4) is 0 Å². The normalized spacial score (nSPS) is 17.4. The summed E-state index contributed by atoms with van der Waals surface area (Å²) in [7, 11) is 2.15. The summed E-state index contributed by atoms with van der Waals surface area (Å²) in [6, 6.07) is 7.27. The van der Waals surface area contributed by atoms with E-state index in [1.165, 1.54) is 44.6 Å². The summed E-state index contributed by atoms with van der Waals surface area (Å²) in [5.74, 6) is 0.0800. The molecule has 0 amide bonds. The molecule has 1 aliphatic carbocycles. The molecule has 0 aliphatic heterocycles. The summed E-state index contributed by atoms with van der Waals surface area (Å²) in [5, 5.41) is 0. The zero-order chi connectivity index (χ0) is 13.5. The smallest absolute Gasteiger partial charge is 0.165 e. The van der Waals surface area contributed by atoms with Crippen LogP contribution in [0.25, 0.3) is 0 Å². The monoisotopic (exact) mass is 265 g/mol. The highest BCUT2D eigenvalue weighted by atomic mass is 19.1. The highest BCUT2D eigenvalue weighted by Crippen LogP contribution is 2.21. The van der Waals surface area contributed by atoms with Gasteiger partial charge in [-0.2, -0.15) is 0 Å². The Labute approximate surface area is 115 Å². The lowest BCUT2D eigenvalue weighted by Gasteiger charge is -2.26. The zero-order valence-electron chi connectivity index (χ0n) is 11.8. The molecular formula is C16H24FNO. The van der Waals surface area contributed by atoms with Gasteiger partial charge in [0.25, 0.3) is 0 Å². The maximum Gasteiger partial charge on any atom is 0.165 e. The predicted molar refractivity (Wildman–Crippen MR) is 76.0 cm³/mol. The van der Waals surface area contributed by atoms with Gasteiger partial charge < -0.3 is 9.64 Å². The minimum absolute atomic E-state index is 0.278. The van der Waals surface area contributed by atoms with Crippen LogP contribution in [-0.4, -0.2) is 31.1 Å². The van der Waals surface area contributed by atoms with Gasteiger partial charge in [0.1, 0.15) is 6.61 Å². The third-order valence-corrected chi connectivity index (χ3v) is 3.99. The fourth-order valence-electron chi connectivity index (χ4n) is 2.74. The Morgan fingerprint density at radius 2 is 1.84 bits per heavy atom. The van der Waals surface area contributed by atoms with Crippen molar-refractivity contribution in [2.24, 2.45) is 0 Å². The zero-order valence-corrected chi connectivity index (χ0v) is 11.8. The van der Waals surface area contributed by atoms with E-state index in [4.69, 9.17) is 4.74 Å². The Morgan fingerprint density at radius 1 is 1.16 bits per heavy atom. The largest absolute Gasteiger partial charge is 0.489 e. The SMILES string of the molecule is CN(CCOc1ccccc1F)C1CCCCCC1. The maximum atomic E-state index is 13.4. The number of ether oxygens (including phenoxy) is 1. The molecule has 106 valence electrons. The molecule has 3 heteroatoms. The fraction of sp³-hybridized carbons (Fsp3) is 0.625. The van der Waals surface area contributed by atoms with Crippen LogP contribution < -0.4 is 4.74 Å². The molecule has 1 saturated carbocycles. The summed E-state index contributed by atoms with van der Waals surface area (Å²) in [6.07, 6.45) is 7.99. The standard InChI is InChI=1S/C16H24FNO/c1-18(14-8-4-2-3-5-9-14)12-13-19-16-11-7-6-10-15(16)17/h6-7,10-11,14H,2-5,8-9,12-13H2,1H3. The highest BCUT2D eigenvalue weighted by Gasteiger charge is 2.16. The van der Waals surface area contributed by atoms with Crippen LogP contribution in [0.4, 0.5) is 4.39 Å². The topological polar surface area (TPSA) is 12.5 Å². The van der Waals surface area contributed by atoms with Gasteiger partial charge in [-0.15, -0.1) is 0 Å². The molecule has 19 heavy (non-hydrogen) atoms. The van der Waals surface area contributed by atoms with Crippen molar-refractivity contribution in [1.82, 2.24) is 4.90 Å². The van der Waals surface area contributed by atoms with Gasteiger partial charge in [0.05, 0.1) is 0 Å². The minimum Gasteiger partial charge on any atom is -0.489 e. The lowest BCUT2D eigenvalue weighted by molar-refractivity contribution is 0.175. The second kappa shape index (κ2) is 7.49. The number of nitrogens with zero attached hydrogens (tertiary/aromatic N) is 1. The molecule has 2 nitrogen and oxygen atoms in total. The quantitative estimate of drug-likeness (QED) is 0.750. The van der Waals surface area contributed by atoms with Crippen molar-refractivity contribution in [3.05, 3.63) is 30.1 Å². The van der Waals surface area contributed by atoms with E-state index in [2.05, 4.69) is 11.9 Å². The molecule has 1 aromatic carbocycles. The van der Waals surface area contributed by atoms with Crippen LogP contribution in [0, 0.1) is 5.82 Å². The van der Waals surface area contributed by atoms with Crippen LogP contribution in [0.1, 0.15) is 38.5 Å². The Morgan fingerprint density at radius 3 is 2.53 bits per heavy atom. The Kier molecular flexibility index (Phi) is 5.64. The fourth-order valence-corrected chi connectivity index (χ4v) is 2.74. The highest BCUT2D eigenvalue weighted by molar-refractivity contribution is 5.23. The molecular weight excluding hydrogens is 241 g/mol. The lowest BCUT2D eigenvalue weighted by atomic mass is 10.1. The van der Waals surface area contributed by atoms with Gasteiger partial charge in [0, 0.05) is 12.6 Å². The summed E-state index contributed by atoms with van der Waals surface area (Å²) < 4.78 is 18.9. The first-order valence-electron chi connectivity index (χ1n) is 7.35. The van der Waals surface area contributed by atoms with Crippen molar-refractivity contribution in [1.29, 1.82) is 0 Å². The molecule has 0 heterocycles. The van der Waals surface area contributed by atoms with Gasteiger partial charge >= 0.3 is 0 Å². The third-order valence-electron chi connectivity index (χ3n) is 3.99. The molecule has 1 fully saturated rings. The molecule has 0 N–H and O–H groups in total. The molecule has 0 bridgehead atoms. The molecule has 2 rings (SSSR count). The number of rotatable bonds is 5. The van der Waals surface area contributed by atoms with Crippen molar-refractivity contribution >= 4 is 0 Å². The second-order valence-corrected chi connectivity index (χ2v) is 5.40. The van der Waals surface area contributed by atoms with Crippen LogP contribution in [0.5, 0.6) is 5.75 Å². The van der Waals surface area contributed by atoms with Gasteiger partial charge in [-0.1, -0.05) is 37.8 Å². The lowest BCUT2D eigenvalue weighted by Crippen LogP contribution is -2.34. The van der Waals surface area contributed by atoms with Crippen LogP contribution >= 0.6 is 0 Å². The minimum atomic E-state index is -0.278. The van der Waals surface area contributed by atoms with Crippen LogP contribution in [0.15, 0.2) is 24.3 Å². The summed E-state index contributed by atoms with van der Waals surface area (Å²) >= 11 is 0. The van der Waals surface area contributed by atoms with Crippen molar-refractivity contribution in [2.45, 2.75) is 44.6 Å². The summed E-state index contributed by atoms with van der Waals surface area (Å²) in [4.78, 5) is 2.37. The number of benzene rings is 1. The Hall–Kier alpha value is -1.09. The van der Waals surface area contributed by atoms with Crippen molar-refractivity contribution in [3.63, 3.8) is 0 Å². The van der Waals surface area contributed by atoms with Gasteiger partial charge in [-0.25, -0.2) is 4.39 Å². The molecule has 0 saturated heterocycles. The number of para-hydroxylation sites is 1. The van der Waals surface area contributed by atoms with Crippen molar-refractivity contribution in [2.75, 3.05) is 20.2 Å². The van der Waals surface area contributed by atoms with E-state index >= 15 is 0 Å². The number of halogens is 1. The third kappa shape index (κ3) is 4.50. The average molecular weight is 265 g/mol. The van der Waals surface area contributed by atoms with E-state index in [0.29, 0.717) is 18.4 Å². The van der Waals surface area contributed by atoms with E-state index in [0.717, 1.165) is 6.54 Å². The molecule has 0 aromatic heterocycles. The summed E-state index contributed by atoms with van der Waals surface area (Å²) in [6.45, 7) is 1.41. The first-order chi connectivity index (χ1) is 9.27. The van der Waals surface area contributed by atoms with Crippen molar-refractivity contribution in [3.8, 4) is 5.75 Å².